The maximum atomic E-state index is 13.0. The maximum Gasteiger partial charge on any atom is 0.337 e. The molecule has 0 spiro atoms. The number of likely N-dealkylation sites (tertiary alicyclic amines) is 1. The Hall–Kier alpha value is -3.29. The summed E-state index contributed by atoms with van der Waals surface area (Å²) >= 11 is 0. The van der Waals surface area contributed by atoms with Crippen LogP contribution in [-0.2, 0) is 9.53 Å². The van der Waals surface area contributed by atoms with E-state index in [1.165, 1.54) is 13.5 Å². The van der Waals surface area contributed by atoms with Crippen LogP contribution in [-0.4, -0.2) is 60.8 Å². The minimum Gasteiger partial charge on any atom is -0.488 e. The molecule has 1 atom stereocenters. The molecule has 1 fully saturated rings. The van der Waals surface area contributed by atoms with Crippen LogP contribution in [0.5, 0.6) is 5.75 Å². The molecule has 1 saturated heterocycles. The average molecular weight is 439 g/mol. The summed E-state index contributed by atoms with van der Waals surface area (Å²) in [5.74, 6) is 1.79. The first kappa shape index (κ1) is 21.9. The van der Waals surface area contributed by atoms with Crippen LogP contribution in [0, 0.1) is 5.92 Å². The number of nitrogens with one attached hydrogen (secondary N) is 1. The number of amides is 1. The molecule has 8 heteroatoms. The molecule has 8 nitrogen and oxygen atoms in total. The van der Waals surface area contributed by atoms with Crippen LogP contribution in [0.1, 0.15) is 43.6 Å². The number of methoxy groups -OCH3 is 1. The van der Waals surface area contributed by atoms with Gasteiger partial charge in [0, 0.05) is 30.8 Å². The number of hydrogen-bond donors (Lipinski definition) is 1. The van der Waals surface area contributed by atoms with E-state index in [1.807, 2.05) is 41.9 Å². The number of ether oxygens (including phenoxy) is 2. The van der Waals surface area contributed by atoms with Crippen molar-refractivity contribution in [3.8, 4) is 5.75 Å². The standard InChI is InChI=1S/C24H30N4O4/c1-4-21(25-18-9-8-17(14-16(18)2)24(30)31-3)28-12-13-32-20-15-19(26-22(20)28)23(29)27-10-6-5-7-11-27/h4,8-9,14-16,26H,5-7,10-13H2,1-3H3/b21-4+,25-18-. The number of nitrogens with zero attached hydrogens (tertiary/aromatic N) is 3. The molecule has 170 valence electrons. The molecule has 1 aromatic heterocycles. The molecule has 1 amide bonds. The Kier molecular flexibility index (Phi) is 6.48. The number of aromatic amines is 1. The highest BCUT2D eigenvalue weighted by molar-refractivity contribution is 6.04. The third kappa shape index (κ3) is 4.35. The molecule has 0 bridgehead atoms. The molecule has 2 aliphatic heterocycles. The predicted octanol–water partition coefficient (Wildman–Crippen LogP) is 3.45. The summed E-state index contributed by atoms with van der Waals surface area (Å²) in [6, 6.07) is 1.80. The van der Waals surface area contributed by atoms with Crippen molar-refractivity contribution in [2.45, 2.75) is 33.1 Å². The lowest BCUT2D eigenvalue weighted by Crippen LogP contribution is -2.36. The average Bonchev–Trinajstić information content (AvgIpc) is 3.27. The second-order valence-corrected chi connectivity index (χ2v) is 8.17. The van der Waals surface area contributed by atoms with E-state index in [0.717, 1.165) is 43.3 Å². The number of carbonyl (C=O) groups excluding carboxylic acids is 2. The maximum absolute atomic E-state index is 13.0. The van der Waals surface area contributed by atoms with Crippen molar-refractivity contribution >= 4 is 23.4 Å². The molecule has 0 aromatic carbocycles. The zero-order valence-corrected chi connectivity index (χ0v) is 18.9. The number of hydrogen-bond acceptors (Lipinski definition) is 6. The Morgan fingerprint density at radius 3 is 2.69 bits per heavy atom. The molecule has 0 saturated carbocycles. The summed E-state index contributed by atoms with van der Waals surface area (Å²) < 4.78 is 10.6. The van der Waals surface area contributed by atoms with E-state index in [2.05, 4.69) is 4.98 Å². The SMILES string of the molecule is C/C=C(\N=C1\C=CC(C(=O)OC)=CC1C)N1CCOc2cc(C(=O)N3CCCCC3)[nH]c21. The monoisotopic (exact) mass is 438 g/mol. The van der Waals surface area contributed by atoms with Crippen LogP contribution < -0.4 is 9.64 Å². The van der Waals surface area contributed by atoms with Crippen LogP contribution in [0.2, 0.25) is 0 Å². The summed E-state index contributed by atoms with van der Waals surface area (Å²) in [6.45, 7) is 6.64. The first-order valence-electron chi connectivity index (χ1n) is 11.2. The van der Waals surface area contributed by atoms with Crippen molar-refractivity contribution in [1.29, 1.82) is 0 Å². The normalized spacial score (nSPS) is 22.3. The smallest absolute Gasteiger partial charge is 0.337 e. The van der Waals surface area contributed by atoms with Crippen molar-refractivity contribution in [2.75, 3.05) is 38.3 Å². The lowest BCUT2D eigenvalue weighted by molar-refractivity contribution is -0.135. The fourth-order valence-electron chi connectivity index (χ4n) is 4.25. The number of H-pyrrole nitrogens is 1. The lowest BCUT2D eigenvalue weighted by atomic mass is 9.96. The Labute approximate surface area is 188 Å². The highest BCUT2D eigenvalue weighted by Crippen LogP contribution is 2.35. The molecule has 1 aliphatic carbocycles. The number of piperidine rings is 1. The van der Waals surface area contributed by atoms with Crippen LogP contribution in [0.25, 0.3) is 0 Å². The number of esters is 1. The van der Waals surface area contributed by atoms with Gasteiger partial charge in [-0.1, -0.05) is 13.0 Å². The van der Waals surface area contributed by atoms with Crippen LogP contribution in [0.15, 0.2) is 46.8 Å². The van der Waals surface area contributed by atoms with Gasteiger partial charge in [-0.25, -0.2) is 9.79 Å². The van der Waals surface area contributed by atoms with Crippen molar-refractivity contribution < 1.29 is 19.1 Å². The van der Waals surface area contributed by atoms with E-state index >= 15 is 0 Å². The number of aliphatic imine (C=N–C) groups is 1. The van der Waals surface area contributed by atoms with Gasteiger partial charge >= 0.3 is 5.97 Å². The van der Waals surface area contributed by atoms with Crippen molar-refractivity contribution in [3.63, 3.8) is 0 Å². The van der Waals surface area contributed by atoms with Crippen molar-refractivity contribution in [2.24, 2.45) is 10.9 Å². The molecule has 1 unspecified atom stereocenters. The van der Waals surface area contributed by atoms with E-state index in [0.29, 0.717) is 30.2 Å². The van der Waals surface area contributed by atoms with Gasteiger partial charge in [0.25, 0.3) is 5.91 Å². The number of anilines is 1. The summed E-state index contributed by atoms with van der Waals surface area (Å²) in [4.78, 5) is 36.9. The van der Waals surface area contributed by atoms with E-state index in [9.17, 15) is 9.59 Å². The van der Waals surface area contributed by atoms with E-state index in [1.54, 1.807) is 12.1 Å². The third-order valence-corrected chi connectivity index (χ3v) is 6.01. The lowest BCUT2D eigenvalue weighted by Gasteiger charge is -2.29. The van der Waals surface area contributed by atoms with Gasteiger partial charge in [0.1, 0.15) is 18.1 Å². The van der Waals surface area contributed by atoms with Gasteiger partial charge in [-0.15, -0.1) is 0 Å². The van der Waals surface area contributed by atoms with Gasteiger partial charge in [-0.2, -0.15) is 0 Å². The zero-order chi connectivity index (χ0) is 22.7. The molecule has 3 aliphatic rings. The number of allylic oxidation sites excluding steroid dienone is 3. The molecular weight excluding hydrogens is 408 g/mol. The molecule has 0 radical (unpaired) electrons. The van der Waals surface area contributed by atoms with Gasteiger partial charge in [0.15, 0.2) is 11.6 Å². The Morgan fingerprint density at radius 2 is 2.00 bits per heavy atom. The van der Waals surface area contributed by atoms with Crippen molar-refractivity contribution in [1.82, 2.24) is 9.88 Å². The third-order valence-electron chi connectivity index (χ3n) is 6.01. The van der Waals surface area contributed by atoms with Crippen LogP contribution in [0.4, 0.5) is 5.82 Å². The molecule has 3 heterocycles. The predicted molar refractivity (Wildman–Crippen MR) is 123 cm³/mol. The largest absolute Gasteiger partial charge is 0.488 e. The highest BCUT2D eigenvalue weighted by Gasteiger charge is 2.28. The molecular formula is C24H30N4O4. The van der Waals surface area contributed by atoms with Crippen LogP contribution in [0.3, 0.4) is 0 Å². The van der Waals surface area contributed by atoms with Gasteiger partial charge in [-0.3, -0.25) is 4.79 Å². The Bertz CT molecular complexity index is 1010. The first-order valence-corrected chi connectivity index (χ1v) is 11.2. The Morgan fingerprint density at radius 1 is 1.22 bits per heavy atom. The molecule has 4 rings (SSSR count). The van der Waals surface area contributed by atoms with Gasteiger partial charge < -0.3 is 24.3 Å². The number of carbonyl (C=O) groups is 2. The fourth-order valence-corrected chi connectivity index (χ4v) is 4.25. The van der Waals surface area contributed by atoms with E-state index in [-0.39, 0.29) is 17.8 Å². The molecule has 1 N–H and O–H groups in total. The number of fused-ring (bicyclic) bond motifs is 1. The van der Waals surface area contributed by atoms with Gasteiger partial charge in [0.05, 0.1) is 19.2 Å². The van der Waals surface area contributed by atoms with Crippen molar-refractivity contribution in [3.05, 3.63) is 47.5 Å². The highest BCUT2D eigenvalue weighted by atomic mass is 16.5. The second-order valence-electron chi connectivity index (χ2n) is 8.17. The number of aromatic nitrogens is 1. The van der Waals surface area contributed by atoms with E-state index in [4.69, 9.17) is 14.5 Å². The zero-order valence-electron chi connectivity index (χ0n) is 18.9. The summed E-state index contributed by atoms with van der Waals surface area (Å²) in [5.41, 5.74) is 1.92. The topological polar surface area (TPSA) is 87.2 Å². The van der Waals surface area contributed by atoms with Crippen LogP contribution >= 0.6 is 0 Å². The second kappa shape index (κ2) is 9.46. The fraction of sp³-hybridized carbons (Fsp3) is 0.458. The van der Waals surface area contributed by atoms with Gasteiger partial charge in [0.2, 0.25) is 0 Å². The molecule has 1 aromatic rings. The van der Waals surface area contributed by atoms with E-state index < -0.39 is 0 Å². The van der Waals surface area contributed by atoms with Gasteiger partial charge in [-0.05, 0) is 44.4 Å². The minimum atomic E-state index is -0.353. The minimum absolute atomic E-state index is 0.0142. The summed E-state index contributed by atoms with van der Waals surface area (Å²) in [7, 11) is 1.37. The number of rotatable bonds is 4. The quantitative estimate of drug-likeness (QED) is 0.728. The summed E-state index contributed by atoms with van der Waals surface area (Å²) in [5, 5.41) is 0. The first-order chi connectivity index (χ1) is 15.5. The Balaban J connectivity index is 1.57. The molecule has 32 heavy (non-hydrogen) atoms. The summed E-state index contributed by atoms with van der Waals surface area (Å²) in [6.07, 6.45) is 10.6.